The number of nitrogens with one attached hydrogen (secondary N) is 2. The lowest BCUT2D eigenvalue weighted by molar-refractivity contribution is -0.116. The van der Waals surface area contributed by atoms with Crippen LogP contribution >= 0.6 is 0 Å². The van der Waals surface area contributed by atoms with Crippen molar-refractivity contribution < 1.29 is 14.3 Å². The summed E-state index contributed by atoms with van der Waals surface area (Å²) in [6.45, 7) is 3.11. The number of hydrogen-bond acceptors (Lipinski definition) is 4. The molecular weight excluding hydrogens is 354 g/mol. The van der Waals surface area contributed by atoms with Crippen molar-refractivity contribution in [3.8, 4) is 0 Å². The van der Waals surface area contributed by atoms with E-state index in [-0.39, 0.29) is 11.8 Å². The second-order valence-electron chi connectivity index (χ2n) is 7.29. The average Bonchev–Trinajstić information content (AvgIpc) is 2.67. The maximum absolute atomic E-state index is 12.5. The molecule has 0 saturated carbocycles. The number of ether oxygens (including phenoxy) is 1. The van der Waals surface area contributed by atoms with Gasteiger partial charge in [-0.05, 0) is 24.6 Å². The van der Waals surface area contributed by atoms with Gasteiger partial charge in [0.05, 0.1) is 12.2 Å². The molecule has 2 amide bonds. The summed E-state index contributed by atoms with van der Waals surface area (Å²) in [7, 11) is 5.37. The molecule has 1 aromatic carbocycles. The lowest BCUT2D eigenvalue weighted by atomic mass is 10.1. The predicted molar refractivity (Wildman–Crippen MR) is 116 cm³/mol. The first-order chi connectivity index (χ1) is 13.5. The van der Waals surface area contributed by atoms with Crippen molar-refractivity contribution in [3.05, 3.63) is 23.8 Å². The molecule has 6 heteroatoms. The van der Waals surface area contributed by atoms with Crippen LogP contribution in [0.3, 0.4) is 0 Å². The molecule has 0 saturated heterocycles. The fourth-order valence-corrected chi connectivity index (χ4v) is 3.01. The Morgan fingerprint density at radius 3 is 2.36 bits per heavy atom. The van der Waals surface area contributed by atoms with Gasteiger partial charge in [0.25, 0.3) is 5.91 Å². The summed E-state index contributed by atoms with van der Waals surface area (Å²) < 4.78 is 4.97. The lowest BCUT2D eigenvalue weighted by Gasteiger charge is -2.18. The number of unbranched alkanes of at least 4 members (excludes halogenated alkanes) is 6. The number of rotatable bonds is 14. The van der Waals surface area contributed by atoms with Crippen LogP contribution in [0.4, 0.5) is 11.4 Å². The minimum Gasteiger partial charge on any atom is -0.383 e. The maximum Gasteiger partial charge on any atom is 0.253 e. The maximum atomic E-state index is 12.5. The van der Waals surface area contributed by atoms with Gasteiger partial charge >= 0.3 is 0 Å². The number of carbonyl (C=O) groups excluding carboxylic acids is 2. The summed E-state index contributed by atoms with van der Waals surface area (Å²) in [6, 6.07) is 5.43. The van der Waals surface area contributed by atoms with Gasteiger partial charge in [-0.25, -0.2) is 0 Å². The molecule has 0 bridgehead atoms. The fourth-order valence-electron chi connectivity index (χ4n) is 3.01. The molecule has 0 aromatic heterocycles. The van der Waals surface area contributed by atoms with Crippen molar-refractivity contribution in [2.24, 2.45) is 0 Å². The lowest BCUT2D eigenvalue weighted by Crippen LogP contribution is -2.28. The first-order valence-electron chi connectivity index (χ1n) is 10.4. The van der Waals surface area contributed by atoms with E-state index >= 15 is 0 Å². The molecule has 0 aliphatic carbocycles. The molecule has 0 unspecified atom stereocenters. The number of methoxy groups -OCH3 is 1. The van der Waals surface area contributed by atoms with Gasteiger partial charge in [-0.1, -0.05) is 45.4 Å². The zero-order valence-electron chi connectivity index (χ0n) is 18.0. The van der Waals surface area contributed by atoms with Gasteiger partial charge in [-0.3, -0.25) is 9.59 Å². The number of amides is 2. The Bertz CT molecular complexity index is 603. The quantitative estimate of drug-likeness (QED) is 0.466. The Balaban J connectivity index is 2.57. The Morgan fingerprint density at radius 2 is 1.71 bits per heavy atom. The van der Waals surface area contributed by atoms with E-state index in [1.54, 1.807) is 13.2 Å². The third-order valence-corrected chi connectivity index (χ3v) is 4.61. The molecule has 0 radical (unpaired) electrons. The van der Waals surface area contributed by atoms with Crippen LogP contribution in [0.15, 0.2) is 18.2 Å². The standard InChI is InChI=1S/C22H37N3O3/c1-5-6-7-8-9-10-11-12-21(26)24-18-13-14-20(25(2)3)19(17-18)22(27)23-15-16-28-4/h13-14,17H,5-12,15-16H2,1-4H3,(H,23,27)(H,24,26). The highest BCUT2D eigenvalue weighted by molar-refractivity contribution is 6.02. The molecule has 0 fully saturated rings. The molecule has 0 aliphatic rings. The van der Waals surface area contributed by atoms with Crippen LogP contribution < -0.4 is 15.5 Å². The molecule has 0 atom stereocenters. The van der Waals surface area contributed by atoms with Crippen LogP contribution in [0.5, 0.6) is 0 Å². The molecule has 0 aliphatic heterocycles. The summed E-state index contributed by atoms with van der Waals surface area (Å²) in [6.07, 6.45) is 8.78. The van der Waals surface area contributed by atoms with E-state index in [9.17, 15) is 9.59 Å². The van der Waals surface area contributed by atoms with E-state index in [4.69, 9.17) is 4.74 Å². The SMILES string of the molecule is CCCCCCCCCC(=O)Nc1ccc(N(C)C)c(C(=O)NCCOC)c1. The second kappa shape index (κ2) is 14.0. The van der Waals surface area contributed by atoms with Gasteiger partial charge < -0.3 is 20.3 Å². The van der Waals surface area contributed by atoms with Crippen molar-refractivity contribution in [2.75, 3.05) is 44.6 Å². The van der Waals surface area contributed by atoms with Gasteiger partial charge in [0.1, 0.15) is 0 Å². The molecule has 1 rings (SSSR count). The zero-order chi connectivity index (χ0) is 20.8. The largest absolute Gasteiger partial charge is 0.383 e. The normalized spacial score (nSPS) is 10.6. The van der Waals surface area contributed by atoms with Crippen LogP contribution in [0.25, 0.3) is 0 Å². The highest BCUT2D eigenvalue weighted by Gasteiger charge is 2.14. The number of hydrogen-bond donors (Lipinski definition) is 2. The predicted octanol–water partition coefficient (Wildman–Crippen LogP) is 4.21. The molecule has 2 N–H and O–H groups in total. The molecule has 6 nitrogen and oxygen atoms in total. The number of anilines is 2. The van der Waals surface area contributed by atoms with Crippen molar-refractivity contribution in [3.63, 3.8) is 0 Å². The Hall–Kier alpha value is -2.08. The van der Waals surface area contributed by atoms with Gasteiger partial charge in [0.2, 0.25) is 5.91 Å². The third-order valence-electron chi connectivity index (χ3n) is 4.61. The van der Waals surface area contributed by atoms with Gasteiger partial charge in [0.15, 0.2) is 0 Å². The summed E-state index contributed by atoms with van der Waals surface area (Å²) in [5.74, 6) is -0.180. The van der Waals surface area contributed by atoms with E-state index in [2.05, 4.69) is 17.6 Å². The average molecular weight is 392 g/mol. The topological polar surface area (TPSA) is 70.7 Å². The molecule has 28 heavy (non-hydrogen) atoms. The molecule has 0 heterocycles. The highest BCUT2D eigenvalue weighted by atomic mass is 16.5. The Kier molecular flexibility index (Phi) is 12.0. The van der Waals surface area contributed by atoms with E-state index in [1.165, 1.54) is 32.1 Å². The van der Waals surface area contributed by atoms with Crippen LogP contribution in [0.2, 0.25) is 0 Å². The number of nitrogens with zero attached hydrogens (tertiary/aromatic N) is 1. The van der Waals surface area contributed by atoms with Gasteiger partial charge in [-0.2, -0.15) is 0 Å². The van der Waals surface area contributed by atoms with Crippen molar-refractivity contribution in [2.45, 2.75) is 58.3 Å². The smallest absolute Gasteiger partial charge is 0.253 e. The highest BCUT2D eigenvalue weighted by Crippen LogP contribution is 2.23. The van der Waals surface area contributed by atoms with Crippen molar-refractivity contribution >= 4 is 23.2 Å². The minimum atomic E-state index is -0.177. The number of carbonyl (C=O) groups is 2. The van der Waals surface area contributed by atoms with E-state index in [0.29, 0.717) is 30.8 Å². The Morgan fingerprint density at radius 1 is 1.04 bits per heavy atom. The summed E-state index contributed by atoms with van der Waals surface area (Å²) in [5, 5.41) is 5.75. The van der Waals surface area contributed by atoms with E-state index < -0.39 is 0 Å². The second-order valence-corrected chi connectivity index (χ2v) is 7.29. The van der Waals surface area contributed by atoms with Crippen molar-refractivity contribution in [1.82, 2.24) is 5.32 Å². The first-order valence-corrected chi connectivity index (χ1v) is 10.4. The van der Waals surface area contributed by atoms with Crippen LogP contribution in [-0.4, -0.2) is 46.2 Å². The minimum absolute atomic E-state index is 0.00287. The molecule has 1 aromatic rings. The number of benzene rings is 1. The van der Waals surface area contributed by atoms with Crippen molar-refractivity contribution in [1.29, 1.82) is 0 Å². The zero-order valence-corrected chi connectivity index (χ0v) is 18.0. The summed E-state index contributed by atoms with van der Waals surface area (Å²) >= 11 is 0. The van der Waals surface area contributed by atoms with Crippen LogP contribution in [0, 0.1) is 0 Å². The molecular formula is C22H37N3O3. The molecule has 158 valence electrons. The third kappa shape index (κ3) is 9.22. The van der Waals surface area contributed by atoms with E-state index in [1.807, 2.05) is 31.1 Å². The van der Waals surface area contributed by atoms with Crippen LogP contribution in [0.1, 0.15) is 68.6 Å². The van der Waals surface area contributed by atoms with Crippen LogP contribution in [-0.2, 0) is 9.53 Å². The monoisotopic (exact) mass is 391 g/mol. The Labute approximate surface area is 170 Å². The van der Waals surface area contributed by atoms with Gasteiger partial charge in [0, 0.05) is 45.5 Å². The first kappa shape index (κ1) is 24.0. The summed E-state index contributed by atoms with van der Waals surface area (Å²) in [4.78, 5) is 26.6. The molecule has 0 spiro atoms. The summed E-state index contributed by atoms with van der Waals surface area (Å²) in [5.41, 5.74) is 1.99. The fraction of sp³-hybridized carbons (Fsp3) is 0.636. The van der Waals surface area contributed by atoms with E-state index in [0.717, 1.165) is 18.5 Å². The van der Waals surface area contributed by atoms with Gasteiger partial charge in [-0.15, -0.1) is 0 Å².